The Kier molecular flexibility index (Phi) is 3.09. The van der Waals surface area contributed by atoms with Crippen LogP contribution in [-0.4, -0.2) is 25.7 Å². The number of carbonyl (C=O) groups is 1. The number of carboxylic acids is 1. The van der Waals surface area contributed by atoms with E-state index in [1.165, 1.54) is 35.0 Å². The molecule has 2 heterocycles. The van der Waals surface area contributed by atoms with Crippen molar-refractivity contribution in [1.29, 1.82) is 0 Å². The summed E-state index contributed by atoms with van der Waals surface area (Å²) in [7, 11) is 0. The van der Waals surface area contributed by atoms with Gasteiger partial charge in [0.2, 0.25) is 0 Å². The van der Waals surface area contributed by atoms with Crippen molar-refractivity contribution in [1.82, 2.24) is 14.6 Å². The van der Waals surface area contributed by atoms with Crippen molar-refractivity contribution in [2.24, 2.45) is 0 Å². The van der Waals surface area contributed by atoms with E-state index < -0.39 is 17.7 Å². The molecular weight excluding hydrogens is 299 g/mol. The van der Waals surface area contributed by atoms with Crippen LogP contribution >= 0.6 is 0 Å². The number of hydrogen-bond donors (Lipinski definition) is 1. The number of fused-ring (bicyclic) bond motifs is 1. The number of carboxylic acid groups (broad SMARTS) is 1. The Labute approximate surface area is 121 Å². The lowest BCUT2D eigenvalue weighted by atomic mass is 10.1. The van der Waals surface area contributed by atoms with E-state index >= 15 is 0 Å². The van der Waals surface area contributed by atoms with Crippen LogP contribution in [0, 0.1) is 0 Å². The van der Waals surface area contributed by atoms with Crippen LogP contribution in [0.25, 0.3) is 17.0 Å². The van der Waals surface area contributed by atoms with E-state index in [9.17, 15) is 18.0 Å². The molecule has 0 saturated heterocycles. The maximum Gasteiger partial charge on any atom is 0.416 e. The second kappa shape index (κ2) is 4.83. The summed E-state index contributed by atoms with van der Waals surface area (Å²) in [5.74, 6) is -1.00. The molecule has 0 unspecified atom stereocenters. The van der Waals surface area contributed by atoms with Crippen molar-refractivity contribution in [3.63, 3.8) is 0 Å². The molecule has 0 saturated carbocycles. The number of alkyl halides is 3. The number of pyridine rings is 1. The third-order valence-electron chi connectivity index (χ3n) is 3.06. The molecular formula is C14H8F3N3O2. The van der Waals surface area contributed by atoms with Crippen molar-refractivity contribution in [2.75, 3.05) is 0 Å². The molecule has 3 rings (SSSR count). The highest BCUT2D eigenvalue weighted by Gasteiger charge is 2.30. The van der Waals surface area contributed by atoms with E-state index in [0.717, 1.165) is 12.1 Å². The van der Waals surface area contributed by atoms with E-state index in [4.69, 9.17) is 5.11 Å². The number of benzene rings is 1. The van der Waals surface area contributed by atoms with Gasteiger partial charge in [-0.2, -0.15) is 13.2 Å². The summed E-state index contributed by atoms with van der Waals surface area (Å²) in [5.41, 5.74) is -0.308. The quantitative estimate of drug-likeness (QED) is 0.790. The lowest BCUT2D eigenvalue weighted by molar-refractivity contribution is -0.137. The lowest BCUT2D eigenvalue weighted by Gasteiger charge is -2.05. The maximum absolute atomic E-state index is 12.5. The first kappa shape index (κ1) is 14.1. The Morgan fingerprint density at radius 3 is 2.41 bits per heavy atom. The number of rotatable bonds is 2. The van der Waals surface area contributed by atoms with Gasteiger partial charge in [0.05, 0.1) is 5.56 Å². The Bertz CT molecular complexity index is 854. The number of halogens is 3. The Balaban J connectivity index is 2.07. The Morgan fingerprint density at radius 2 is 1.82 bits per heavy atom. The minimum atomic E-state index is -4.42. The van der Waals surface area contributed by atoms with Crippen LogP contribution in [0.1, 0.15) is 15.9 Å². The summed E-state index contributed by atoms with van der Waals surface area (Å²) >= 11 is 0. The van der Waals surface area contributed by atoms with Gasteiger partial charge in [-0.3, -0.25) is 0 Å². The summed E-state index contributed by atoms with van der Waals surface area (Å²) in [5, 5.41) is 13.2. The molecule has 0 fully saturated rings. The molecule has 8 heteroatoms. The number of nitrogens with zero attached hydrogens (tertiary/aromatic N) is 3. The molecule has 3 aromatic rings. The first-order valence-corrected chi connectivity index (χ1v) is 6.12. The van der Waals surface area contributed by atoms with Crippen LogP contribution in [-0.2, 0) is 6.18 Å². The SMILES string of the molecule is O=C(O)c1cccn2nc(-c3ccc(C(F)(F)F)cc3)nc12. The second-order valence-electron chi connectivity index (χ2n) is 4.51. The van der Waals surface area contributed by atoms with Gasteiger partial charge in [0.15, 0.2) is 11.5 Å². The monoisotopic (exact) mass is 307 g/mol. The van der Waals surface area contributed by atoms with Crippen molar-refractivity contribution in [2.45, 2.75) is 6.18 Å². The minimum Gasteiger partial charge on any atom is -0.478 e. The van der Waals surface area contributed by atoms with Gasteiger partial charge in [-0.15, -0.1) is 5.10 Å². The standard InChI is InChI=1S/C14H8F3N3O2/c15-14(16,17)9-5-3-8(4-6-9)11-18-12-10(13(21)22)2-1-7-20(12)19-11/h1-7H,(H,21,22). The van der Waals surface area contributed by atoms with Gasteiger partial charge in [0.1, 0.15) is 5.56 Å². The molecule has 0 amide bonds. The molecule has 2 aromatic heterocycles. The van der Waals surface area contributed by atoms with Gasteiger partial charge in [-0.1, -0.05) is 12.1 Å². The smallest absolute Gasteiger partial charge is 0.416 e. The predicted molar refractivity (Wildman–Crippen MR) is 70.4 cm³/mol. The Morgan fingerprint density at radius 1 is 1.14 bits per heavy atom. The van der Waals surface area contributed by atoms with E-state index in [0.29, 0.717) is 5.56 Å². The fourth-order valence-electron chi connectivity index (χ4n) is 2.00. The zero-order valence-electron chi connectivity index (χ0n) is 10.9. The molecule has 0 bridgehead atoms. The van der Waals surface area contributed by atoms with Crippen LogP contribution in [0.4, 0.5) is 13.2 Å². The highest BCUT2D eigenvalue weighted by atomic mass is 19.4. The van der Waals surface area contributed by atoms with Crippen LogP contribution in [0.3, 0.4) is 0 Å². The highest BCUT2D eigenvalue weighted by Crippen LogP contribution is 2.30. The number of aromatic carboxylic acids is 1. The van der Waals surface area contributed by atoms with Crippen LogP contribution < -0.4 is 0 Å². The largest absolute Gasteiger partial charge is 0.478 e. The van der Waals surface area contributed by atoms with Crippen LogP contribution in [0.2, 0.25) is 0 Å². The van der Waals surface area contributed by atoms with E-state index in [1.54, 1.807) is 0 Å². The molecule has 0 radical (unpaired) electrons. The zero-order valence-corrected chi connectivity index (χ0v) is 10.9. The van der Waals surface area contributed by atoms with Crippen molar-refractivity contribution in [3.05, 3.63) is 53.7 Å². The minimum absolute atomic E-state index is 0.0341. The van der Waals surface area contributed by atoms with Crippen molar-refractivity contribution in [3.8, 4) is 11.4 Å². The Hall–Kier alpha value is -2.90. The third-order valence-corrected chi connectivity index (χ3v) is 3.06. The summed E-state index contributed by atoms with van der Waals surface area (Å²) < 4.78 is 38.9. The molecule has 22 heavy (non-hydrogen) atoms. The van der Waals surface area contributed by atoms with E-state index in [-0.39, 0.29) is 17.0 Å². The van der Waals surface area contributed by atoms with E-state index in [1.807, 2.05) is 0 Å². The fourth-order valence-corrected chi connectivity index (χ4v) is 2.00. The molecule has 0 aliphatic rings. The maximum atomic E-state index is 12.5. The second-order valence-corrected chi connectivity index (χ2v) is 4.51. The van der Waals surface area contributed by atoms with Crippen molar-refractivity contribution < 1.29 is 23.1 Å². The first-order valence-electron chi connectivity index (χ1n) is 6.12. The summed E-state index contributed by atoms with van der Waals surface area (Å²) in [6.07, 6.45) is -2.90. The van der Waals surface area contributed by atoms with Crippen LogP contribution in [0.5, 0.6) is 0 Å². The highest BCUT2D eigenvalue weighted by molar-refractivity contribution is 5.94. The first-order chi connectivity index (χ1) is 10.4. The molecule has 112 valence electrons. The van der Waals surface area contributed by atoms with Gasteiger partial charge < -0.3 is 5.11 Å². The topological polar surface area (TPSA) is 67.5 Å². The average Bonchev–Trinajstić information content (AvgIpc) is 2.90. The molecule has 1 aromatic carbocycles. The summed E-state index contributed by atoms with van der Waals surface area (Å²) in [6.45, 7) is 0. The fraction of sp³-hybridized carbons (Fsp3) is 0.0714. The number of aromatic nitrogens is 3. The lowest BCUT2D eigenvalue weighted by Crippen LogP contribution is -2.04. The summed E-state index contributed by atoms with van der Waals surface area (Å²) in [4.78, 5) is 15.2. The molecule has 0 spiro atoms. The molecule has 0 aliphatic carbocycles. The predicted octanol–water partition coefficient (Wildman–Crippen LogP) is 3.11. The molecule has 0 atom stereocenters. The zero-order chi connectivity index (χ0) is 15.9. The molecule has 5 nitrogen and oxygen atoms in total. The van der Waals surface area contributed by atoms with Gasteiger partial charge in [-0.25, -0.2) is 14.3 Å². The van der Waals surface area contributed by atoms with Gasteiger partial charge in [-0.05, 0) is 24.3 Å². The van der Waals surface area contributed by atoms with Gasteiger partial charge >= 0.3 is 12.1 Å². The molecule has 0 aliphatic heterocycles. The van der Waals surface area contributed by atoms with Crippen LogP contribution in [0.15, 0.2) is 42.6 Å². The van der Waals surface area contributed by atoms with Crippen molar-refractivity contribution >= 4 is 11.6 Å². The van der Waals surface area contributed by atoms with Gasteiger partial charge in [0.25, 0.3) is 0 Å². The molecule has 1 N–H and O–H groups in total. The number of hydrogen-bond acceptors (Lipinski definition) is 3. The van der Waals surface area contributed by atoms with Gasteiger partial charge in [0, 0.05) is 11.8 Å². The normalized spacial score (nSPS) is 11.8. The average molecular weight is 307 g/mol. The third kappa shape index (κ3) is 2.39. The van der Waals surface area contributed by atoms with E-state index in [2.05, 4.69) is 10.1 Å². The summed E-state index contributed by atoms with van der Waals surface area (Å²) in [6, 6.07) is 7.24.